The van der Waals surface area contributed by atoms with Gasteiger partial charge < -0.3 is 15.1 Å². The first-order valence-electron chi connectivity index (χ1n) is 6.88. The molecule has 0 saturated carbocycles. The van der Waals surface area contributed by atoms with Crippen molar-refractivity contribution in [3.63, 3.8) is 0 Å². The SMILES string of the molecule is Cc1cc(C(=O)N(C)CC2CCOCC2)cc(NN)n1. The Hall–Kier alpha value is -1.66. The van der Waals surface area contributed by atoms with Crippen LogP contribution < -0.4 is 11.3 Å². The van der Waals surface area contributed by atoms with E-state index >= 15 is 0 Å². The number of amides is 1. The molecule has 0 aliphatic carbocycles. The Bertz CT molecular complexity index is 472. The van der Waals surface area contributed by atoms with Gasteiger partial charge in [-0.1, -0.05) is 0 Å². The van der Waals surface area contributed by atoms with Crippen LogP contribution in [-0.2, 0) is 4.74 Å². The van der Waals surface area contributed by atoms with E-state index in [1.807, 2.05) is 14.0 Å². The molecule has 3 N–H and O–H groups in total. The zero-order chi connectivity index (χ0) is 14.5. The summed E-state index contributed by atoms with van der Waals surface area (Å²) in [5.41, 5.74) is 3.86. The molecule has 0 bridgehead atoms. The van der Waals surface area contributed by atoms with Crippen LogP contribution in [0, 0.1) is 12.8 Å². The van der Waals surface area contributed by atoms with Gasteiger partial charge in [0.1, 0.15) is 5.82 Å². The number of aromatic nitrogens is 1. The van der Waals surface area contributed by atoms with Gasteiger partial charge in [0.25, 0.3) is 5.91 Å². The second-order valence-corrected chi connectivity index (χ2v) is 5.27. The van der Waals surface area contributed by atoms with E-state index in [0.717, 1.165) is 38.3 Å². The normalized spacial score (nSPS) is 15.9. The van der Waals surface area contributed by atoms with Crippen LogP contribution in [0.4, 0.5) is 5.82 Å². The minimum atomic E-state index is -0.00140. The lowest BCUT2D eigenvalue weighted by Gasteiger charge is -2.27. The average molecular weight is 278 g/mol. The third-order valence-corrected chi connectivity index (χ3v) is 3.57. The third kappa shape index (κ3) is 3.68. The van der Waals surface area contributed by atoms with Crippen LogP contribution in [0.5, 0.6) is 0 Å². The molecule has 6 heteroatoms. The zero-order valence-corrected chi connectivity index (χ0v) is 12.1. The number of hydrogen-bond donors (Lipinski definition) is 2. The van der Waals surface area contributed by atoms with Crippen molar-refractivity contribution < 1.29 is 9.53 Å². The van der Waals surface area contributed by atoms with Gasteiger partial charge in [-0.2, -0.15) is 0 Å². The third-order valence-electron chi connectivity index (χ3n) is 3.57. The topological polar surface area (TPSA) is 80.5 Å². The standard InChI is InChI=1S/C14H22N4O2/c1-10-7-12(8-13(16-10)17-15)14(19)18(2)9-11-3-5-20-6-4-11/h7-8,11H,3-6,9,15H2,1-2H3,(H,16,17). The Morgan fingerprint density at radius 1 is 1.50 bits per heavy atom. The number of aryl methyl sites for hydroxylation is 1. The highest BCUT2D eigenvalue weighted by atomic mass is 16.5. The smallest absolute Gasteiger partial charge is 0.253 e. The number of rotatable bonds is 4. The van der Waals surface area contributed by atoms with Crippen molar-refractivity contribution in [2.45, 2.75) is 19.8 Å². The van der Waals surface area contributed by atoms with E-state index in [1.165, 1.54) is 0 Å². The van der Waals surface area contributed by atoms with Crippen molar-refractivity contribution >= 4 is 11.7 Å². The zero-order valence-electron chi connectivity index (χ0n) is 12.1. The molecule has 2 rings (SSSR count). The van der Waals surface area contributed by atoms with Crippen molar-refractivity contribution in [3.8, 4) is 0 Å². The van der Waals surface area contributed by atoms with Crippen molar-refractivity contribution in [1.29, 1.82) is 0 Å². The fraction of sp³-hybridized carbons (Fsp3) is 0.571. The summed E-state index contributed by atoms with van der Waals surface area (Å²) in [4.78, 5) is 18.4. The van der Waals surface area contributed by atoms with Gasteiger partial charge in [-0.05, 0) is 37.8 Å². The number of hydrogen-bond acceptors (Lipinski definition) is 5. The summed E-state index contributed by atoms with van der Waals surface area (Å²) in [5, 5.41) is 0. The predicted octanol–water partition coefficient (Wildman–Crippen LogP) is 1.17. The van der Waals surface area contributed by atoms with Crippen LogP contribution in [-0.4, -0.2) is 42.6 Å². The Morgan fingerprint density at radius 3 is 2.85 bits per heavy atom. The Labute approximate surface area is 119 Å². The van der Waals surface area contributed by atoms with Gasteiger partial charge in [0.2, 0.25) is 0 Å². The molecule has 1 aromatic heterocycles. The molecule has 0 spiro atoms. The highest BCUT2D eigenvalue weighted by Crippen LogP contribution is 2.17. The van der Waals surface area contributed by atoms with Gasteiger partial charge in [-0.15, -0.1) is 0 Å². The van der Waals surface area contributed by atoms with E-state index in [1.54, 1.807) is 17.0 Å². The van der Waals surface area contributed by atoms with Gasteiger partial charge in [-0.25, -0.2) is 10.8 Å². The second kappa shape index (κ2) is 6.67. The minimum Gasteiger partial charge on any atom is -0.381 e. The average Bonchev–Trinajstić information content (AvgIpc) is 2.46. The summed E-state index contributed by atoms with van der Waals surface area (Å²) in [6.07, 6.45) is 2.03. The van der Waals surface area contributed by atoms with Crippen LogP contribution in [0.1, 0.15) is 28.9 Å². The number of anilines is 1. The summed E-state index contributed by atoms with van der Waals surface area (Å²) in [6, 6.07) is 3.46. The fourth-order valence-corrected chi connectivity index (χ4v) is 2.49. The maximum Gasteiger partial charge on any atom is 0.253 e. The molecule has 0 radical (unpaired) electrons. The van der Waals surface area contributed by atoms with Crippen molar-refractivity contribution in [2.75, 3.05) is 32.2 Å². The molecular formula is C14H22N4O2. The monoisotopic (exact) mass is 278 g/mol. The first-order valence-corrected chi connectivity index (χ1v) is 6.88. The van der Waals surface area contributed by atoms with E-state index in [0.29, 0.717) is 17.3 Å². The summed E-state index contributed by atoms with van der Waals surface area (Å²) in [6.45, 7) is 4.19. The van der Waals surface area contributed by atoms with Crippen molar-refractivity contribution in [1.82, 2.24) is 9.88 Å². The number of nitrogen functional groups attached to an aromatic ring is 1. The van der Waals surface area contributed by atoms with Crippen LogP contribution in [0.15, 0.2) is 12.1 Å². The second-order valence-electron chi connectivity index (χ2n) is 5.27. The molecule has 20 heavy (non-hydrogen) atoms. The number of carbonyl (C=O) groups is 1. The summed E-state index contributed by atoms with van der Waals surface area (Å²) in [7, 11) is 1.84. The first-order chi connectivity index (χ1) is 9.60. The van der Waals surface area contributed by atoms with Crippen LogP contribution in [0.25, 0.3) is 0 Å². The molecule has 110 valence electrons. The number of carbonyl (C=O) groups excluding carboxylic acids is 1. The van der Waals surface area contributed by atoms with E-state index in [9.17, 15) is 4.79 Å². The maximum absolute atomic E-state index is 12.4. The number of nitrogens with two attached hydrogens (primary N) is 1. The van der Waals surface area contributed by atoms with Gasteiger partial charge >= 0.3 is 0 Å². The first kappa shape index (κ1) is 14.7. The highest BCUT2D eigenvalue weighted by Gasteiger charge is 2.20. The highest BCUT2D eigenvalue weighted by molar-refractivity contribution is 5.94. The van der Waals surface area contributed by atoms with Gasteiger partial charge in [0.05, 0.1) is 0 Å². The molecule has 1 saturated heterocycles. The van der Waals surface area contributed by atoms with Crippen LogP contribution >= 0.6 is 0 Å². The number of pyridine rings is 1. The van der Waals surface area contributed by atoms with E-state index in [4.69, 9.17) is 10.6 Å². The van der Waals surface area contributed by atoms with Crippen molar-refractivity contribution in [3.05, 3.63) is 23.4 Å². The largest absolute Gasteiger partial charge is 0.381 e. The molecule has 1 aromatic rings. The Kier molecular flexibility index (Phi) is 4.92. The van der Waals surface area contributed by atoms with E-state index < -0.39 is 0 Å². The molecule has 1 fully saturated rings. The number of ether oxygens (including phenoxy) is 1. The fourth-order valence-electron chi connectivity index (χ4n) is 2.49. The molecule has 0 aromatic carbocycles. The van der Waals surface area contributed by atoms with Crippen LogP contribution in [0.3, 0.4) is 0 Å². The summed E-state index contributed by atoms with van der Waals surface area (Å²) in [5.74, 6) is 6.39. The molecule has 1 aliphatic rings. The number of hydrazine groups is 1. The van der Waals surface area contributed by atoms with Crippen LogP contribution in [0.2, 0.25) is 0 Å². The lowest BCUT2D eigenvalue weighted by Crippen LogP contribution is -2.34. The van der Waals surface area contributed by atoms with Crippen molar-refractivity contribution in [2.24, 2.45) is 11.8 Å². The minimum absolute atomic E-state index is 0.00140. The summed E-state index contributed by atoms with van der Waals surface area (Å²) < 4.78 is 5.34. The molecule has 1 amide bonds. The molecule has 0 atom stereocenters. The van der Waals surface area contributed by atoms with E-state index in [-0.39, 0.29) is 5.91 Å². The van der Waals surface area contributed by atoms with E-state index in [2.05, 4.69) is 10.4 Å². The lowest BCUT2D eigenvalue weighted by atomic mass is 9.99. The molecule has 1 aliphatic heterocycles. The predicted molar refractivity (Wildman–Crippen MR) is 77.3 cm³/mol. The molecule has 0 unspecified atom stereocenters. The quantitative estimate of drug-likeness (QED) is 0.638. The Morgan fingerprint density at radius 2 is 2.20 bits per heavy atom. The molecular weight excluding hydrogens is 256 g/mol. The molecule has 6 nitrogen and oxygen atoms in total. The van der Waals surface area contributed by atoms with Gasteiger partial charge in [0.15, 0.2) is 0 Å². The lowest BCUT2D eigenvalue weighted by molar-refractivity contribution is 0.0497. The molecule has 2 heterocycles. The number of nitrogens with one attached hydrogen (secondary N) is 1. The summed E-state index contributed by atoms with van der Waals surface area (Å²) >= 11 is 0. The Balaban J connectivity index is 2.03. The number of nitrogens with zero attached hydrogens (tertiary/aromatic N) is 2. The van der Waals surface area contributed by atoms with Gasteiger partial charge in [0, 0.05) is 38.1 Å². The maximum atomic E-state index is 12.4. The van der Waals surface area contributed by atoms with Gasteiger partial charge in [-0.3, -0.25) is 4.79 Å².